The molecule has 3 aromatic carbocycles. The highest BCUT2D eigenvalue weighted by Gasteiger charge is 2.15. The van der Waals surface area contributed by atoms with E-state index in [9.17, 15) is 9.59 Å². The van der Waals surface area contributed by atoms with Crippen LogP contribution in [0.15, 0.2) is 96.6 Å². The standard InChI is InChI=1S/C32H31N3O5/c1-5-9-26-18-23(19-29(38-3)31(26)40-21-30(36)39-4)20-33-34-32(37)25-13-15-27(16-14-25)35-22(2)12-17-28(35)24-10-7-6-8-11-24/h5-8,10-20H,1,9,21H2,2-4H3,(H,34,37)/b33-20+. The lowest BCUT2D eigenvalue weighted by molar-refractivity contribution is -0.142. The smallest absolute Gasteiger partial charge is 0.343 e. The van der Waals surface area contributed by atoms with E-state index < -0.39 is 5.97 Å². The number of amides is 1. The van der Waals surface area contributed by atoms with Crippen LogP contribution in [0.25, 0.3) is 16.9 Å². The van der Waals surface area contributed by atoms with Gasteiger partial charge in [-0.1, -0.05) is 36.4 Å². The van der Waals surface area contributed by atoms with Crippen LogP contribution in [-0.2, 0) is 16.0 Å². The van der Waals surface area contributed by atoms with E-state index >= 15 is 0 Å². The zero-order valence-corrected chi connectivity index (χ0v) is 22.7. The number of hydrogen-bond acceptors (Lipinski definition) is 6. The molecular formula is C32H31N3O5. The first-order valence-electron chi connectivity index (χ1n) is 12.6. The molecule has 0 aliphatic heterocycles. The third-order valence-corrected chi connectivity index (χ3v) is 6.21. The van der Waals surface area contributed by atoms with Crippen molar-refractivity contribution < 1.29 is 23.8 Å². The molecule has 1 amide bonds. The summed E-state index contributed by atoms with van der Waals surface area (Å²) in [5, 5.41) is 4.13. The molecule has 8 heteroatoms. The number of esters is 1. The Morgan fingerprint density at radius 2 is 1.75 bits per heavy atom. The molecule has 40 heavy (non-hydrogen) atoms. The topological polar surface area (TPSA) is 91.2 Å². The van der Waals surface area contributed by atoms with Gasteiger partial charge in [0.25, 0.3) is 5.91 Å². The van der Waals surface area contributed by atoms with Crippen molar-refractivity contribution >= 4 is 18.1 Å². The molecule has 0 unspecified atom stereocenters. The molecule has 8 nitrogen and oxygen atoms in total. The highest BCUT2D eigenvalue weighted by Crippen LogP contribution is 2.33. The molecule has 0 fully saturated rings. The van der Waals surface area contributed by atoms with Crippen molar-refractivity contribution in [1.29, 1.82) is 0 Å². The van der Waals surface area contributed by atoms with Crippen LogP contribution in [0.4, 0.5) is 0 Å². The van der Waals surface area contributed by atoms with Crippen molar-refractivity contribution in [3.8, 4) is 28.4 Å². The summed E-state index contributed by atoms with van der Waals surface area (Å²) in [7, 11) is 2.79. The van der Waals surface area contributed by atoms with Crippen molar-refractivity contribution in [2.24, 2.45) is 5.10 Å². The largest absolute Gasteiger partial charge is 0.493 e. The van der Waals surface area contributed by atoms with E-state index in [0.29, 0.717) is 29.0 Å². The number of benzene rings is 3. The molecule has 0 atom stereocenters. The van der Waals surface area contributed by atoms with Crippen LogP contribution in [-0.4, -0.2) is 43.5 Å². The summed E-state index contributed by atoms with van der Waals surface area (Å²) in [6.45, 7) is 5.58. The lowest BCUT2D eigenvalue weighted by Gasteiger charge is -2.15. The van der Waals surface area contributed by atoms with Gasteiger partial charge in [0.1, 0.15) is 0 Å². The van der Waals surface area contributed by atoms with Crippen LogP contribution >= 0.6 is 0 Å². The van der Waals surface area contributed by atoms with E-state index in [1.807, 2.05) is 36.4 Å². The normalized spacial score (nSPS) is 10.8. The van der Waals surface area contributed by atoms with Crippen LogP contribution in [0, 0.1) is 6.92 Å². The van der Waals surface area contributed by atoms with Crippen molar-refractivity contribution in [2.45, 2.75) is 13.3 Å². The van der Waals surface area contributed by atoms with E-state index in [2.05, 4.69) is 57.6 Å². The number of rotatable bonds is 11. The first-order chi connectivity index (χ1) is 19.4. The fourth-order valence-electron chi connectivity index (χ4n) is 4.28. The molecule has 4 aromatic rings. The van der Waals surface area contributed by atoms with Crippen LogP contribution in [0.1, 0.15) is 27.2 Å². The predicted octanol–water partition coefficient (Wildman–Crippen LogP) is 5.51. The minimum absolute atomic E-state index is 0.253. The Morgan fingerprint density at radius 1 is 1.00 bits per heavy atom. The molecule has 0 aliphatic rings. The van der Waals surface area contributed by atoms with E-state index in [4.69, 9.17) is 9.47 Å². The van der Waals surface area contributed by atoms with E-state index in [0.717, 1.165) is 28.2 Å². The first-order valence-corrected chi connectivity index (χ1v) is 12.6. The number of hydrogen-bond donors (Lipinski definition) is 1. The van der Waals surface area contributed by atoms with Crippen LogP contribution in [0.5, 0.6) is 11.5 Å². The van der Waals surface area contributed by atoms with Gasteiger partial charge in [0, 0.05) is 22.5 Å². The Labute approximate surface area is 233 Å². The Hall–Kier alpha value is -5.11. The number of nitrogens with one attached hydrogen (secondary N) is 1. The number of carbonyl (C=O) groups is 2. The van der Waals surface area contributed by atoms with Gasteiger partial charge in [-0.25, -0.2) is 10.2 Å². The Kier molecular flexibility index (Phi) is 9.15. The second-order valence-corrected chi connectivity index (χ2v) is 8.88. The van der Waals surface area contributed by atoms with Gasteiger partial charge in [0.2, 0.25) is 0 Å². The molecule has 1 heterocycles. The van der Waals surface area contributed by atoms with Gasteiger partial charge < -0.3 is 18.8 Å². The average molecular weight is 538 g/mol. The van der Waals surface area contributed by atoms with Crippen molar-refractivity contribution in [2.75, 3.05) is 20.8 Å². The maximum absolute atomic E-state index is 12.8. The van der Waals surface area contributed by atoms with Crippen molar-refractivity contribution in [3.63, 3.8) is 0 Å². The molecular weight excluding hydrogens is 506 g/mol. The molecule has 0 bridgehead atoms. The minimum Gasteiger partial charge on any atom is -0.493 e. The van der Waals surface area contributed by atoms with Crippen LogP contribution in [0.2, 0.25) is 0 Å². The molecule has 1 N–H and O–H groups in total. The number of nitrogens with zero attached hydrogens (tertiary/aromatic N) is 2. The number of allylic oxidation sites excluding steroid dienone is 1. The zero-order valence-electron chi connectivity index (χ0n) is 22.7. The minimum atomic E-state index is -0.506. The lowest BCUT2D eigenvalue weighted by Crippen LogP contribution is -2.17. The molecule has 0 spiro atoms. The average Bonchev–Trinajstić information content (AvgIpc) is 3.37. The van der Waals surface area contributed by atoms with E-state index in [-0.39, 0.29) is 12.5 Å². The summed E-state index contributed by atoms with van der Waals surface area (Å²) in [4.78, 5) is 24.3. The summed E-state index contributed by atoms with van der Waals surface area (Å²) in [6, 6.07) is 25.2. The van der Waals surface area contributed by atoms with Gasteiger partial charge in [-0.3, -0.25) is 4.79 Å². The highest BCUT2D eigenvalue weighted by molar-refractivity contribution is 5.95. The monoisotopic (exact) mass is 537 g/mol. The molecule has 0 saturated heterocycles. The van der Waals surface area contributed by atoms with Crippen LogP contribution in [0.3, 0.4) is 0 Å². The highest BCUT2D eigenvalue weighted by atomic mass is 16.6. The molecule has 0 aliphatic carbocycles. The SMILES string of the molecule is C=CCc1cc(/C=N/NC(=O)c2ccc(-n3c(C)ccc3-c3ccccc3)cc2)cc(OC)c1OCC(=O)OC. The number of methoxy groups -OCH3 is 2. The van der Waals surface area contributed by atoms with Gasteiger partial charge in [-0.2, -0.15) is 5.10 Å². The molecule has 0 saturated carbocycles. The summed E-state index contributed by atoms with van der Waals surface area (Å²) < 4.78 is 17.9. The number of hydrazone groups is 1. The van der Waals surface area contributed by atoms with Crippen LogP contribution < -0.4 is 14.9 Å². The molecule has 1 aromatic heterocycles. The second kappa shape index (κ2) is 13.1. The Morgan fingerprint density at radius 3 is 2.42 bits per heavy atom. The van der Waals surface area contributed by atoms with Gasteiger partial charge in [-0.05, 0) is 73.0 Å². The third-order valence-electron chi connectivity index (χ3n) is 6.21. The number of ether oxygens (including phenoxy) is 3. The number of aromatic nitrogens is 1. The summed E-state index contributed by atoms with van der Waals surface area (Å²) in [5.74, 6) is -0.0102. The summed E-state index contributed by atoms with van der Waals surface area (Å²) >= 11 is 0. The fraction of sp³-hybridized carbons (Fsp3) is 0.156. The maximum Gasteiger partial charge on any atom is 0.343 e. The Balaban J connectivity index is 1.48. The van der Waals surface area contributed by atoms with Gasteiger partial charge in [0.15, 0.2) is 18.1 Å². The quantitative estimate of drug-likeness (QED) is 0.118. The predicted molar refractivity (Wildman–Crippen MR) is 155 cm³/mol. The van der Waals surface area contributed by atoms with Gasteiger partial charge in [-0.15, -0.1) is 6.58 Å². The van der Waals surface area contributed by atoms with Crippen molar-refractivity contribution in [1.82, 2.24) is 9.99 Å². The van der Waals surface area contributed by atoms with E-state index in [1.165, 1.54) is 20.4 Å². The molecule has 0 radical (unpaired) electrons. The lowest BCUT2D eigenvalue weighted by atomic mass is 10.1. The van der Waals surface area contributed by atoms with Gasteiger partial charge >= 0.3 is 5.97 Å². The number of carbonyl (C=O) groups excluding carboxylic acids is 2. The Bertz CT molecular complexity index is 1520. The van der Waals surface area contributed by atoms with Gasteiger partial charge in [0.05, 0.1) is 26.1 Å². The van der Waals surface area contributed by atoms with E-state index in [1.54, 1.807) is 24.3 Å². The second-order valence-electron chi connectivity index (χ2n) is 8.88. The number of aryl methyl sites for hydroxylation is 1. The molecule has 204 valence electrons. The maximum atomic E-state index is 12.8. The summed E-state index contributed by atoms with van der Waals surface area (Å²) in [5.41, 5.74) is 8.70. The fourth-order valence-corrected chi connectivity index (χ4v) is 4.28. The van der Waals surface area contributed by atoms with Crippen molar-refractivity contribution in [3.05, 3.63) is 114 Å². The zero-order chi connectivity index (χ0) is 28.5. The summed E-state index contributed by atoms with van der Waals surface area (Å²) in [6.07, 6.45) is 3.70. The molecule has 4 rings (SSSR count). The third kappa shape index (κ3) is 6.47. The first kappa shape index (κ1) is 27.9.